The van der Waals surface area contributed by atoms with Crippen LogP contribution in [0.4, 0.5) is 5.95 Å². The van der Waals surface area contributed by atoms with Crippen LogP contribution in [0.2, 0.25) is 0 Å². The maximum Gasteiger partial charge on any atom is 0.274 e. The van der Waals surface area contributed by atoms with Gasteiger partial charge in [-0.15, -0.1) is 0 Å². The summed E-state index contributed by atoms with van der Waals surface area (Å²) in [6.07, 6.45) is 0. The van der Waals surface area contributed by atoms with E-state index < -0.39 is 0 Å². The van der Waals surface area contributed by atoms with Crippen LogP contribution in [0.3, 0.4) is 0 Å². The zero-order valence-electron chi connectivity index (χ0n) is 7.74. The molecule has 0 aromatic carbocycles. The van der Waals surface area contributed by atoms with Gasteiger partial charge in [0.1, 0.15) is 0 Å². The predicted octanol–water partition coefficient (Wildman–Crippen LogP) is -0.507. The quantitative estimate of drug-likeness (QED) is 0.662. The monoisotopic (exact) mass is 183 g/mol. The molecule has 1 aromatic rings. The van der Waals surface area contributed by atoms with Crippen LogP contribution in [0.25, 0.3) is 0 Å². The van der Waals surface area contributed by atoms with E-state index in [1.807, 2.05) is 14.0 Å². The van der Waals surface area contributed by atoms with Crippen molar-refractivity contribution >= 4 is 5.95 Å². The molecule has 0 fully saturated rings. The zero-order valence-corrected chi connectivity index (χ0v) is 7.74. The van der Waals surface area contributed by atoms with Gasteiger partial charge in [-0.25, -0.2) is 0 Å². The molecule has 0 spiro atoms. The van der Waals surface area contributed by atoms with Crippen molar-refractivity contribution in [1.82, 2.24) is 9.55 Å². The molecular formula is C8H13N3O2. The number of aliphatic hydroxyl groups excluding tert-OH is 1. The number of hydrogen-bond acceptors (Lipinski definition) is 4. The number of nitrogens with one attached hydrogen (secondary N) is 1. The molecule has 2 N–H and O–H groups in total. The van der Waals surface area contributed by atoms with Crippen molar-refractivity contribution in [2.45, 2.75) is 6.92 Å². The summed E-state index contributed by atoms with van der Waals surface area (Å²) in [5.74, 6) is 0.485. The summed E-state index contributed by atoms with van der Waals surface area (Å²) < 4.78 is 1.76. The fourth-order valence-corrected chi connectivity index (χ4v) is 0.980. The molecule has 0 saturated heterocycles. The van der Waals surface area contributed by atoms with E-state index in [0.717, 1.165) is 5.69 Å². The minimum Gasteiger partial charge on any atom is -0.395 e. The van der Waals surface area contributed by atoms with E-state index >= 15 is 0 Å². The molecule has 0 bridgehead atoms. The Morgan fingerprint density at radius 1 is 1.69 bits per heavy atom. The molecule has 13 heavy (non-hydrogen) atoms. The van der Waals surface area contributed by atoms with Crippen LogP contribution in [0.5, 0.6) is 0 Å². The zero-order chi connectivity index (χ0) is 9.84. The minimum absolute atomic E-state index is 0.0177. The van der Waals surface area contributed by atoms with Gasteiger partial charge in [-0.05, 0) is 6.92 Å². The third-order valence-electron chi connectivity index (χ3n) is 1.79. The van der Waals surface area contributed by atoms with Gasteiger partial charge in [-0.1, -0.05) is 0 Å². The lowest BCUT2D eigenvalue weighted by molar-refractivity contribution is 0.310. The number of anilines is 1. The van der Waals surface area contributed by atoms with Crippen LogP contribution in [0, 0.1) is 6.92 Å². The lowest BCUT2D eigenvalue weighted by Crippen LogP contribution is -2.19. The van der Waals surface area contributed by atoms with E-state index in [-0.39, 0.29) is 12.2 Å². The van der Waals surface area contributed by atoms with Crippen molar-refractivity contribution < 1.29 is 5.11 Å². The lowest BCUT2D eigenvalue weighted by atomic mass is 10.4. The van der Waals surface area contributed by atoms with Crippen LogP contribution < -0.4 is 10.9 Å². The maximum absolute atomic E-state index is 11.0. The molecule has 0 atom stereocenters. The molecule has 0 aliphatic rings. The van der Waals surface area contributed by atoms with E-state index in [2.05, 4.69) is 10.3 Å². The summed E-state index contributed by atoms with van der Waals surface area (Å²) in [7, 11) is 1.81. The Kier molecular flexibility index (Phi) is 3.02. The molecule has 1 heterocycles. The van der Waals surface area contributed by atoms with Gasteiger partial charge in [0.25, 0.3) is 5.56 Å². The van der Waals surface area contributed by atoms with E-state index in [1.165, 1.54) is 6.07 Å². The van der Waals surface area contributed by atoms with Crippen molar-refractivity contribution in [1.29, 1.82) is 0 Å². The SMILES string of the molecule is Cc1cc(=O)nc(NCCO)n1C. The Morgan fingerprint density at radius 3 is 3.00 bits per heavy atom. The normalized spacial score (nSPS) is 10.1. The Labute approximate surface area is 76.0 Å². The molecule has 0 radical (unpaired) electrons. The smallest absolute Gasteiger partial charge is 0.274 e. The molecular weight excluding hydrogens is 170 g/mol. The van der Waals surface area contributed by atoms with E-state index in [0.29, 0.717) is 12.5 Å². The molecule has 5 heteroatoms. The molecule has 0 amide bonds. The maximum atomic E-state index is 11.0. The standard InChI is InChI=1S/C8H13N3O2/c1-6-5-7(13)10-8(11(6)2)9-3-4-12/h5,12H,3-4H2,1-2H3,(H,9,10,13). The average molecular weight is 183 g/mol. The first-order valence-corrected chi connectivity index (χ1v) is 4.04. The van der Waals surface area contributed by atoms with Crippen molar-refractivity contribution in [3.8, 4) is 0 Å². The fraction of sp³-hybridized carbons (Fsp3) is 0.500. The molecule has 5 nitrogen and oxygen atoms in total. The highest BCUT2D eigenvalue weighted by Gasteiger charge is 2.00. The second kappa shape index (κ2) is 4.04. The third-order valence-corrected chi connectivity index (χ3v) is 1.79. The van der Waals surface area contributed by atoms with Gasteiger partial charge in [0.05, 0.1) is 6.61 Å². The second-order valence-corrected chi connectivity index (χ2v) is 2.77. The number of aromatic nitrogens is 2. The summed E-state index contributed by atoms with van der Waals surface area (Å²) in [6.45, 7) is 2.24. The topological polar surface area (TPSA) is 67.2 Å². The molecule has 1 rings (SSSR count). The minimum atomic E-state index is -0.268. The Bertz CT molecular complexity index is 346. The molecule has 0 aliphatic heterocycles. The van der Waals surface area contributed by atoms with Crippen LogP contribution in [0.15, 0.2) is 10.9 Å². The van der Waals surface area contributed by atoms with Gasteiger partial charge >= 0.3 is 0 Å². The van der Waals surface area contributed by atoms with Crippen molar-refractivity contribution in [2.75, 3.05) is 18.5 Å². The molecule has 0 saturated carbocycles. The van der Waals surface area contributed by atoms with Gasteiger partial charge in [0.15, 0.2) is 0 Å². The summed E-state index contributed by atoms with van der Waals surface area (Å²) in [5.41, 5.74) is 0.566. The summed E-state index contributed by atoms with van der Waals surface area (Å²) >= 11 is 0. The molecule has 72 valence electrons. The number of hydrogen-bond donors (Lipinski definition) is 2. The number of aryl methyl sites for hydroxylation is 1. The lowest BCUT2D eigenvalue weighted by Gasteiger charge is -2.10. The Hall–Kier alpha value is -1.36. The number of nitrogens with zero attached hydrogens (tertiary/aromatic N) is 2. The van der Waals surface area contributed by atoms with Crippen LogP contribution in [0.1, 0.15) is 5.69 Å². The van der Waals surface area contributed by atoms with Crippen LogP contribution >= 0.6 is 0 Å². The second-order valence-electron chi connectivity index (χ2n) is 2.77. The number of aliphatic hydroxyl groups is 1. The largest absolute Gasteiger partial charge is 0.395 e. The first-order valence-electron chi connectivity index (χ1n) is 4.04. The van der Waals surface area contributed by atoms with E-state index in [1.54, 1.807) is 4.57 Å². The summed E-state index contributed by atoms with van der Waals surface area (Å²) in [5, 5.41) is 11.4. The van der Waals surface area contributed by atoms with Gasteiger partial charge < -0.3 is 15.0 Å². The Morgan fingerprint density at radius 2 is 2.38 bits per heavy atom. The van der Waals surface area contributed by atoms with Gasteiger partial charge in [-0.3, -0.25) is 4.79 Å². The van der Waals surface area contributed by atoms with Crippen molar-refractivity contribution in [3.63, 3.8) is 0 Å². The fourth-order valence-electron chi connectivity index (χ4n) is 0.980. The highest BCUT2D eigenvalue weighted by atomic mass is 16.3. The number of rotatable bonds is 3. The van der Waals surface area contributed by atoms with Crippen LogP contribution in [-0.2, 0) is 7.05 Å². The summed E-state index contributed by atoms with van der Waals surface area (Å²) in [4.78, 5) is 14.8. The van der Waals surface area contributed by atoms with Gasteiger partial charge in [0, 0.05) is 25.4 Å². The highest BCUT2D eigenvalue weighted by molar-refractivity contribution is 5.27. The van der Waals surface area contributed by atoms with E-state index in [9.17, 15) is 4.79 Å². The van der Waals surface area contributed by atoms with Crippen LogP contribution in [-0.4, -0.2) is 27.8 Å². The summed E-state index contributed by atoms with van der Waals surface area (Å²) in [6, 6.07) is 1.46. The average Bonchev–Trinajstić information content (AvgIpc) is 2.09. The van der Waals surface area contributed by atoms with Crippen molar-refractivity contribution in [3.05, 3.63) is 22.1 Å². The van der Waals surface area contributed by atoms with Crippen molar-refractivity contribution in [2.24, 2.45) is 7.05 Å². The van der Waals surface area contributed by atoms with Gasteiger partial charge in [0.2, 0.25) is 5.95 Å². The molecule has 1 aromatic heterocycles. The van der Waals surface area contributed by atoms with Gasteiger partial charge in [-0.2, -0.15) is 4.98 Å². The molecule has 0 unspecified atom stereocenters. The third kappa shape index (κ3) is 2.29. The molecule has 0 aliphatic carbocycles. The highest BCUT2D eigenvalue weighted by Crippen LogP contribution is 2.00. The first-order chi connectivity index (χ1) is 6.15. The van der Waals surface area contributed by atoms with E-state index in [4.69, 9.17) is 5.11 Å². The Balaban J connectivity index is 2.99. The predicted molar refractivity (Wildman–Crippen MR) is 49.8 cm³/mol. The first kappa shape index (κ1) is 9.73.